The largest absolute Gasteiger partial charge is 0.469 e. The smallest absolute Gasteiger partial charge is 0.329 e. The number of carbonyl (C=O) groups is 1. The van der Waals surface area contributed by atoms with Crippen LogP contribution in [0.2, 0.25) is 5.28 Å². The Kier molecular flexibility index (Phi) is 4.72. The Hall–Kier alpha value is -2.10. The summed E-state index contributed by atoms with van der Waals surface area (Å²) in [6.45, 7) is 0.00853. The van der Waals surface area contributed by atoms with E-state index in [4.69, 9.17) is 16.3 Å². The number of aromatic nitrogens is 2. The first-order valence-corrected chi connectivity index (χ1v) is 8.45. The van der Waals surface area contributed by atoms with Gasteiger partial charge in [0.15, 0.2) is 0 Å². The van der Waals surface area contributed by atoms with Crippen molar-refractivity contribution in [3.63, 3.8) is 0 Å². The second-order valence-electron chi connectivity index (χ2n) is 6.76. The second-order valence-corrected chi connectivity index (χ2v) is 7.10. The zero-order valence-corrected chi connectivity index (χ0v) is 14.7. The van der Waals surface area contributed by atoms with Crippen molar-refractivity contribution in [2.75, 3.05) is 18.6 Å². The van der Waals surface area contributed by atoms with Gasteiger partial charge < -0.3 is 9.64 Å². The molecule has 0 amide bonds. The maximum Gasteiger partial charge on any atom is 0.329 e. The SMILES string of the molecule is COC(=O)C1(CN(c2nc(Cl)ncc2[N+](=O)[O-])C2CCC(F)(F)C2)CC1. The number of nitro groups is 1. The average molecular weight is 391 g/mol. The van der Waals surface area contributed by atoms with Crippen molar-refractivity contribution in [1.82, 2.24) is 9.97 Å². The molecule has 2 saturated carbocycles. The van der Waals surface area contributed by atoms with E-state index in [0.717, 1.165) is 6.20 Å². The van der Waals surface area contributed by atoms with Crippen LogP contribution in [0.4, 0.5) is 20.3 Å². The van der Waals surface area contributed by atoms with Crippen molar-refractivity contribution >= 4 is 29.1 Å². The van der Waals surface area contributed by atoms with Crippen molar-refractivity contribution in [3.05, 3.63) is 21.6 Å². The zero-order chi connectivity index (χ0) is 19.1. The number of hydrogen-bond donors (Lipinski definition) is 0. The third-order valence-corrected chi connectivity index (χ3v) is 5.13. The Morgan fingerprint density at radius 2 is 2.19 bits per heavy atom. The molecule has 11 heteroatoms. The first kappa shape index (κ1) is 18.7. The van der Waals surface area contributed by atoms with E-state index in [1.165, 1.54) is 12.0 Å². The number of nitrogens with zero attached hydrogens (tertiary/aromatic N) is 4. The first-order valence-electron chi connectivity index (χ1n) is 8.07. The molecule has 1 unspecified atom stereocenters. The highest BCUT2D eigenvalue weighted by Gasteiger charge is 2.54. The monoisotopic (exact) mass is 390 g/mol. The molecule has 8 nitrogen and oxygen atoms in total. The molecule has 2 aliphatic carbocycles. The Bertz CT molecular complexity index is 744. The lowest BCUT2D eigenvalue weighted by atomic mass is 10.0. The fourth-order valence-electron chi connectivity index (χ4n) is 3.38. The number of carbonyl (C=O) groups excluding carboxylic acids is 1. The van der Waals surface area contributed by atoms with E-state index in [1.807, 2.05) is 0 Å². The molecule has 0 N–H and O–H groups in total. The van der Waals surface area contributed by atoms with Gasteiger partial charge in [-0.05, 0) is 30.9 Å². The zero-order valence-electron chi connectivity index (χ0n) is 14.0. The molecule has 0 aromatic carbocycles. The maximum absolute atomic E-state index is 13.8. The van der Waals surface area contributed by atoms with Gasteiger partial charge in [0.2, 0.25) is 17.0 Å². The van der Waals surface area contributed by atoms with Gasteiger partial charge in [-0.25, -0.2) is 13.8 Å². The number of ether oxygens (including phenoxy) is 1. The molecule has 2 fully saturated rings. The van der Waals surface area contributed by atoms with E-state index < -0.39 is 40.4 Å². The Morgan fingerprint density at radius 3 is 2.69 bits per heavy atom. The number of rotatable bonds is 6. The van der Waals surface area contributed by atoms with Crippen LogP contribution in [-0.2, 0) is 9.53 Å². The quantitative estimate of drug-likeness (QED) is 0.318. The minimum Gasteiger partial charge on any atom is -0.469 e. The van der Waals surface area contributed by atoms with Crippen molar-refractivity contribution in [2.24, 2.45) is 5.41 Å². The summed E-state index contributed by atoms with van der Waals surface area (Å²) in [6.07, 6.45) is 1.32. The molecule has 1 aromatic heterocycles. The molecule has 1 heterocycles. The minimum absolute atomic E-state index is 0.00853. The summed E-state index contributed by atoms with van der Waals surface area (Å²) < 4.78 is 32.4. The highest BCUT2D eigenvalue weighted by atomic mass is 35.5. The Balaban J connectivity index is 2.00. The second kappa shape index (κ2) is 6.57. The summed E-state index contributed by atoms with van der Waals surface area (Å²) in [6, 6.07) is -0.697. The van der Waals surface area contributed by atoms with Gasteiger partial charge in [-0.2, -0.15) is 4.98 Å². The fourth-order valence-corrected chi connectivity index (χ4v) is 3.50. The van der Waals surface area contributed by atoms with E-state index in [2.05, 4.69) is 9.97 Å². The topological polar surface area (TPSA) is 98.5 Å². The molecule has 1 atom stereocenters. The van der Waals surface area contributed by atoms with Gasteiger partial charge in [0.1, 0.15) is 6.20 Å². The Labute approximate surface area is 152 Å². The number of esters is 1. The summed E-state index contributed by atoms with van der Waals surface area (Å²) in [5, 5.41) is 11.1. The molecule has 3 rings (SSSR count). The summed E-state index contributed by atoms with van der Waals surface area (Å²) in [5.74, 6) is -3.47. The van der Waals surface area contributed by atoms with Crippen molar-refractivity contribution in [3.8, 4) is 0 Å². The summed E-state index contributed by atoms with van der Waals surface area (Å²) in [4.78, 5) is 31.7. The van der Waals surface area contributed by atoms with Gasteiger partial charge in [-0.15, -0.1) is 0 Å². The molecule has 0 saturated heterocycles. The van der Waals surface area contributed by atoms with E-state index in [1.54, 1.807) is 0 Å². The molecule has 1 aromatic rings. The lowest BCUT2D eigenvalue weighted by Crippen LogP contribution is -2.42. The van der Waals surface area contributed by atoms with E-state index in [-0.39, 0.29) is 30.5 Å². The van der Waals surface area contributed by atoms with Crippen LogP contribution in [0.5, 0.6) is 0 Å². The first-order chi connectivity index (χ1) is 12.2. The van der Waals surface area contributed by atoms with Crippen LogP contribution < -0.4 is 4.90 Å². The lowest BCUT2D eigenvalue weighted by molar-refractivity contribution is -0.384. The van der Waals surface area contributed by atoms with Crippen LogP contribution in [-0.4, -0.2) is 46.5 Å². The van der Waals surface area contributed by atoms with E-state index in [9.17, 15) is 23.7 Å². The van der Waals surface area contributed by atoms with Crippen molar-refractivity contribution in [1.29, 1.82) is 0 Å². The maximum atomic E-state index is 13.8. The normalized spacial score (nSPS) is 22.7. The highest BCUT2D eigenvalue weighted by molar-refractivity contribution is 6.28. The van der Waals surface area contributed by atoms with E-state index in [0.29, 0.717) is 12.8 Å². The van der Waals surface area contributed by atoms with Gasteiger partial charge >= 0.3 is 11.7 Å². The summed E-state index contributed by atoms with van der Waals surface area (Å²) >= 11 is 5.79. The highest BCUT2D eigenvalue weighted by Crippen LogP contribution is 2.50. The molecule has 26 heavy (non-hydrogen) atoms. The van der Waals surface area contributed by atoms with Crippen molar-refractivity contribution < 1.29 is 23.2 Å². The van der Waals surface area contributed by atoms with Crippen LogP contribution in [0.25, 0.3) is 0 Å². The Morgan fingerprint density at radius 1 is 1.50 bits per heavy atom. The standard InChI is InChI=1S/C15H17ClF2N4O4/c1-26-12(23)14(4-5-14)8-21(9-2-3-15(17,18)6-9)11-10(22(24)25)7-19-13(16)20-11/h7,9H,2-6,8H2,1H3. The van der Waals surface area contributed by atoms with Gasteiger partial charge in [0.05, 0.1) is 17.4 Å². The molecular weight excluding hydrogens is 374 g/mol. The van der Waals surface area contributed by atoms with Gasteiger partial charge in [0, 0.05) is 25.4 Å². The van der Waals surface area contributed by atoms with Crippen LogP contribution in [0.1, 0.15) is 32.1 Å². The van der Waals surface area contributed by atoms with Crippen molar-refractivity contribution in [2.45, 2.75) is 44.1 Å². The predicted molar refractivity (Wildman–Crippen MR) is 87.3 cm³/mol. The van der Waals surface area contributed by atoms with Crippen LogP contribution in [0.15, 0.2) is 6.20 Å². The molecule has 0 aliphatic heterocycles. The number of hydrogen-bond acceptors (Lipinski definition) is 7. The lowest BCUT2D eigenvalue weighted by Gasteiger charge is -2.32. The molecule has 0 bridgehead atoms. The summed E-state index contributed by atoms with van der Waals surface area (Å²) in [7, 11) is 1.25. The fraction of sp³-hybridized carbons (Fsp3) is 0.667. The molecule has 0 spiro atoms. The predicted octanol–water partition coefficient (Wildman–Crippen LogP) is 2.99. The van der Waals surface area contributed by atoms with Crippen LogP contribution in [0.3, 0.4) is 0 Å². The number of methoxy groups -OCH3 is 1. The number of halogens is 3. The van der Waals surface area contributed by atoms with Crippen LogP contribution in [0, 0.1) is 15.5 Å². The number of anilines is 1. The van der Waals surface area contributed by atoms with Gasteiger partial charge in [0.25, 0.3) is 0 Å². The van der Waals surface area contributed by atoms with Gasteiger partial charge in [-0.3, -0.25) is 14.9 Å². The van der Waals surface area contributed by atoms with E-state index >= 15 is 0 Å². The molecule has 0 radical (unpaired) electrons. The number of alkyl halides is 2. The average Bonchev–Trinajstić information content (AvgIpc) is 3.28. The minimum atomic E-state index is -2.86. The van der Waals surface area contributed by atoms with Gasteiger partial charge in [-0.1, -0.05) is 0 Å². The van der Waals surface area contributed by atoms with Crippen LogP contribution >= 0.6 is 11.6 Å². The summed E-state index contributed by atoms with van der Waals surface area (Å²) in [5.41, 5.74) is -1.30. The molecule has 142 valence electrons. The third-order valence-electron chi connectivity index (χ3n) is 4.95. The molecular formula is C15H17ClF2N4O4. The molecule has 2 aliphatic rings. The third kappa shape index (κ3) is 3.55.